The van der Waals surface area contributed by atoms with Gasteiger partial charge >= 0.3 is 0 Å². The molecule has 1 atom stereocenters. The Kier molecular flexibility index (Phi) is 4.42. The minimum Gasteiger partial charge on any atom is -0.389 e. The lowest BCUT2D eigenvalue weighted by atomic mass is 10.1. The molecule has 1 unspecified atom stereocenters. The second-order valence-corrected chi connectivity index (χ2v) is 6.12. The molecule has 1 heterocycles. The molecule has 1 aliphatic rings. The molecule has 104 valence electrons. The molecule has 0 spiro atoms. The molecular formula is C15H23N3S. The molecule has 0 amide bonds. The Bertz CT molecular complexity index is 472. The fourth-order valence-corrected chi connectivity index (χ4v) is 3.00. The van der Waals surface area contributed by atoms with E-state index in [4.69, 9.17) is 18.0 Å². The van der Waals surface area contributed by atoms with Gasteiger partial charge in [0.15, 0.2) is 0 Å². The molecule has 0 aromatic heterocycles. The van der Waals surface area contributed by atoms with Crippen molar-refractivity contribution < 1.29 is 0 Å². The van der Waals surface area contributed by atoms with Gasteiger partial charge in [-0.2, -0.15) is 0 Å². The summed E-state index contributed by atoms with van der Waals surface area (Å²) in [5.74, 6) is 0.731. The van der Waals surface area contributed by atoms with Crippen LogP contribution in [0.1, 0.15) is 17.5 Å². The highest BCUT2D eigenvalue weighted by Crippen LogP contribution is 2.24. The number of aryl methyl sites for hydroxylation is 1. The summed E-state index contributed by atoms with van der Waals surface area (Å²) in [7, 11) is 4.32. The van der Waals surface area contributed by atoms with Gasteiger partial charge in [0.25, 0.3) is 0 Å². The lowest BCUT2D eigenvalue weighted by Gasteiger charge is -2.25. The molecule has 1 aliphatic heterocycles. The average Bonchev–Trinajstić information content (AvgIpc) is 2.74. The first-order valence-electron chi connectivity index (χ1n) is 6.77. The Morgan fingerprint density at radius 1 is 1.53 bits per heavy atom. The van der Waals surface area contributed by atoms with Gasteiger partial charge in [-0.05, 0) is 50.6 Å². The van der Waals surface area contributed by atoms with Gasteiger partial charge in [0.2, 0.25) is 0 Å². The van der Waals surface area contributed by atoms with Crippen molar-refractivity contribution in [3.05, 3.63) is 29.3 Å². The fraction of sp³-hybridized carbons (Fsp3) is 0.533. The van der Waals surface area contributed by atoms with Crippen molar-refractivity contribution in [3.8, 4) is 0 Å². The van der Waals surface area contributed by atoms with Crippen LogP contribution in [0.25, 0.3) is 0 Å². The maximum Gasteiger partial charge on any atom is 0.106 e. The van der Waals surface area contributed by atoms with E-state index >= 15 is 0 Å². The van der Waals surface area contributed by atoms with Gasteiger partial charge in [0.05, 0.1) is 0 Å². The van der Waals surface area contributed by atoms with Crippen LogP contribution in [0.2, 0.25) is 0 Å². The van der Waals surface area contributed by atoms with Crippen LogP contribution in [0.5, 0.6) is 0 Å². The van der Waals surface area contributed by atoms with E-state index in [0.29, 0.717) is 4.99 Å². The smallest absolute Gasteiger partial charge is 0.106 e. The first kappa shape index (κ1) is 14.3. The Labute approximate surface area is 121 Å². The molecule has 3 nitrogen and oxygen atoms in total. The summed E-state index contributed by atoms with van der Waals surface area (Å²) in [4.78, 5) is 5.17. The van der Waals surface area contributed by atoms with E-state index < -0.39 is 0 Å². The number of anilines is 1. The SMILES string of the molecule is Cc1ccc(C(N)=S)c(N(C)CC2CCN(C)C2)c1. The van der Waals surface area contributed by atoms with Gasteiger partial charge in [-0.3, -0.25) is 0 Å². The predicted octanol–water partition coefficient (Wildman–Crippen LogP) is 2.02. The Hall–Kier alpha value is -1.13. The quantitative estimate of drug-likeness (QED) is 0.854. The lowest BCUT2D eigenvalue weighted by molar-refractivity contribution is 0.396. The molecule has 1 aromatic carbocycles. The summed E-state index contributed by atoms with van der Waals surface area (Å²) < 4.78 is 0. The van der Waals surface area contributed by atoms with E-state index in [-0.39, 0.29) is 0 Å². The van der Waals surface area contributed by atoms with Gasteiger partial charge < -0.3 is 15.5 Å². The number of rotatable bonds is 4. The number of thiocarbonyl (C=S) groups is 1. The van der Waals surface area contributed by atoms with Crippen LogP contribution in [-0.4, -0.2) is 43.6 Å². The van der Waals surface area contributed by atoms with Gasteiger partial charge in [-0.15, -0.1) is 0 Å². The molecule has 4 heteroatoms. The second-order valence-electron chi connectivity index (χ2n) is 5.68. The lowest BCUT2D eigenvalue weighted by Crippen LogP contribution is -2.29. The van der Waals surface area contributed by atoms with E-state index in [9.17, 15) is 0 Å². The summed E-state index contributed by atoms with van der Waals surface area (Å²) in [6, 6.07) is 6.27. The van der Waals surface area contributed by atoms with E-state index in [0.717, 1.165) is 23.7 Å². The van der Waals surface area contributed by atoms with Crippen molar-refractivity contribution in [2.75, 3.05) is 38.6 Å². The third kappa shape index (κ3) is 3.45. The summed E-state index contributed by atoms with van der Waals surface area (Å²) in [6.07, 6.45) is 1.27. The molecule has 19 heavy (non-hydrogen) atoms. The zero-order chi connectivity index (χ0) is 14.0. The molecule has 0 aliphatic carbocycles. The minimum absolute atomic E-state index is 0.477. The predicted molar refractivity (Wildman–Crippen MR) is 85.9 cm³/mol. The first-order valence-corrected chi connectivity index (χ1v) is 7.18. The molecule has 2 N–H and O–H groups in total. The zero-order valence-corrected chi connectivity index (χ0v) is 12.8. The normalized spacial score (nSPS) is 19.6. The van der Waals surface area contributed by atoms with E-state index in [1.807, 2.05) is 6.07 Å². The first-order chi connectivity index (χ1) is 8.97. The van der Waals surface area contributed by atoms with Crippen LogP contribution >= 0.6 is 12.2 Å². The summed E-state index contributed by atoms with van der Waals surface area (Å²) >= 11 is 5.16. The molecular weight excluding hydrogens is 254 g/mol. The topological polar surface area (TPSA) is 32.5 Å². The summed E-state index contributed by atoms with van der Waals surface area (Å²) in [5.41, 5.74) is 9.21. The number of benzene rings is 1. The second kappa shape index (κ2) is 5.88. The highest BCUT2D eigenvalue weighted by molar-refractivity contribution is 7.80. The van der Waals surface area contributed by atoms with Crippen molar-refractivity contribution in [3.63, 3.8) is 0 Å². The summed E-state index contributed by atoms with van der Waals surface area (Å²) in [5, 5.41) is 0. The maximum atomic E-state index is 5.83. The number of hydrogen-bond acceptors (Lipinski definition) is 3. The number of hydrogen-bond donors (Lipinski definition) is 1. The molecule has 1 saturated heterocycles. The van der Waals surface area contributed by atoms with Crippen LogP contribution in [-0.2, 0) is 0 Å². The third-order valence-corrected chi connectivity index (χ3v) is 4.07. The highest BCUT2D eigenvalue weighted by Gasteiger charge is 2.21. The fourth-order valence-electron chi connectivity index (χ4n) is 2.83. The average molecular weight is 277 g/mol. The largest absolute Gasteiger partial charge is 0.389 e. The Morgan fingerprint density at radius 2 is 2.26 bits per heavy atom. The molecule has 1 fully saturated rings. The Morgan fingerprint density at radius 3 is 2.84 bits per heavy atom. The number of nitrogens with two attached hydrogens (primary N) is 1. The van der Waals surface area contributed by atoms with Crippen LogP contribution in [0.15, 0.2) is 18.2 Å². The molecule has 1 aromatic rings. The molecule has 2 rings (SSSR count). The van der Waals surface area contributed by atoms with Crippen molar-refractivity contribution in [2.45, 2.75) is 13.3 Å². The van der Waals surface area contributed by atoms with Crippen LogP contribution in [0.3, 0.4) is 0 Å². The van der Waals surface area contributed by atoms with Crippen LogP contribution in [0.4, 0.5) is 5.69 Å². The zero-order valence-electron chi connectivity index (χ0n) is 12.0. The number of nitrogens with zero attached hydrogens (tertiary/aromatic N) is 2. The van der Waals surface area contributed by atoms with Crippen LogP contribution < -0.4 is 10.6 Å². The van der Waals surface area contributed by atoms with E-state index in [1.165, 1.54) is 25.1 Å². The van der Waals surface area contributed by atoms with E-state index in [1.54, 1.807) is 0 Å². The molecule has 0 saturated carbocycles. The molecule has 0 radical (unpaired) electrons. The van der Waals surface area contributed by atoms with E-state index in [2.05, 4.69) is 43.0 Å². The van der Waals surface area contributed by atoms with Crippen molar-refractivity contribution >= 4 is 22.9 Å². The monoisotopic (exact) mass is 277 g/mol. The third-order valence-electron chi connectivity index (χ3n) is 3.85. The van der Waals surface area contributed by atoms with Crippen molar-refractivity contribution in [1.82, 2.24) is 4.90 Å². The summed E-state index contributed by atoms with van der Waals surface area (Å²) in [6.45, 7) is 5.54. The van der Waals surface area contributed by atoms with Crippen molar-refractivity contribution in [2.24, 2.45) is 11.7 Å². The standard InChI is InChI=1S/C15H23N3S/c1-11-4-5-13(15(16)19)14(8-11)18(3)10-12-6-7-17(2)9-12/h4-5,8,12H,6-7,9-10H2,1-3H3,(H2,16,19). The van der Waals surface area contributed by atoms with Gasteiger partial charge in [-0.1, -0.05) is 18.3 Å². The van der Waals surface area contributed by atoms with Crippen LogP contribution in [0, 0.1) is 12.8 Å². The number of likely N-dealkylation sites (tertiary alicyclic amines) is 1. The maximum absolute atomic E-state index is 5.83. The molecule has 0 bridgehead atoms. The Balaban J connectivity index is 2.15. The van der Waals surface area contributed by atoms with Gasteiger partial charge in [0, 0.05) is 31.4 Å². The minimum atomic E-state index is 0.477. The van der Waals surface area contributed by atoms with Gasteiger partial charge in [-0.25, -0.2) is 0 Å². The van der Waals surface area contributed by atoms with Crippen molar-refractivity contribution in [1.29, 1.82) is 0 Å². The van der Waals surface area contributed by atoms with Gasteiger partial charge in [0.1, 0.15) is 4.99 Å². The highest BCUT2D eigenvalue weighted by atomic mass is 32.1.